The predicted octanol–water partition coefficient (Wildman–Crippen LogP) is 2.93. The van der Waals surface area contributed by atoms with Crippen LogP contribution < -0.4 is 10.1 Å². The topological polar surface area (TPSA) is 88.5 Å². The van der Waals surface area contributed by atoms with Gasteiger partial charge in [-0.1, -0.05) is 0 Å². The molecule has 1 heterocycles. The Morgan fingerprint density at radius 1 is 1.36 bits per heavy atom. The first-order valence-electron chi connectivity index (χ1n) is 6.62. The second-order valence-corrected chi connectivity index (χ2v) is 5.52. The van der Waals surface area contributed by atoms with Crippen LogP contribution in [0, 0.1) is 6.92 Å². The van der Waals surface area contributed by atoms with E-state index in [0.29, 0.717) is 5.13 Å². The van der Waals surface area contributed by atoms with Gasteiger partial charge in [0.05, 0.1) is 19.2 Å². The highest BCUT2D eigenvalue weighted by Gasteiger charge is 2.10. The fourth-order valence-electron chi connectivity index (χ4n) is 1.90. The summed E-state index contributed by atoms with van der Waals surface area (Å²) in [7, 11) is 1.62. The molecule has 0 bridgehead atoms. The smallest absolute Gasteiger partial charge is 0.303 e. The van der Waals surface area contributed by atoms with Gasteiger partial charge in [0.2, 0.25) is 5.91 Å². The average molecular weight is 320 g/mol. The van der Waals surface area contributed by atoms with Crippen molar-refractivity contribution < 1.29 is 19.4 Å². The summed E-state index contributed by atoms with van der Waals surface area (Å²) in [6.07, 6.45) is -0.256. The molecule has 116 valence electrons. The number of aliphatic carboxylic acids is 1. The number of carbonyl (C=O) groups is 2. The van der Waals surface area contributed by atoms with Crippen LogP contribution in [0.1, 0.15) is 18.4 Å². The molecule has 2 N–H and O–H groups in total. The largest absolute Gasteiger partial charge is 0.496 e. The van der Waals surface area contributed by atoms with Gasteiger partial charge in [-0.3, -0.25) is 9.59 Å². The third-order valence-corrected chi connectivity index (χ3v) is 3.76. The second kappa shape index (κ2) is 7.04. The summed E-state index contributed by atoms with van der Waals surface area (Å²) in [4.78, 5) is 26.3. The quantitative estimate of drug-likeness (QED) is 0.854. The van der Waals surface area contributed by atoms with Crippen molar-refractivity contribution in [2.75, 3.05) is 12.4 Å². The first-order valence-corrected chi connectivity index (χ1v) is 7.49. The molecule has 1 amide bonds. The lowest BCUT2D eigenvalue weighted by atomic mass is 10.1. The average Bonchev–Trinajstić information content (AvgIpc) is 2.93. The van der Waals surface area contributed by atoms with Gasteiger partial charge in [0.25, 0.3) is 0 Å². The molecule has 0 radical (unpaired) electrons. The van der Waals surface area contributed by atoms with Crippen molar-refractivity contribution in [1.82, 2.24) is 4.98 Å². The Morgan fingerprint density at radius 3 is 2.77 bits per heavy atom. The zero-order valence-electron chi connectivity index (χ0n) is 12.3. The molecule has 0 aliphatic rings. The van der Waals surface area contributed by atoms with Crippen LogP contribution in [0.15, 0.2) is 23.6 Å². The number of anilines is 1. The normalized spacial score (nSPS) is 10.3. The van der Waals surface area contributed by atoms with E-state index in [4.69, 9.17) is 9.84 Å². The molecule has 0 aliphatic carbocycles. The number of hydrogen-bond donors (Lipinski definition) is 2. The van der Waals surface area contributed by atoms with Crippen molar-refractivity contribution in [3.63, 3.8) is 0 Å². The molecule has 22 heavy (non-hydrogen) atoms. The molecule has 0 unspecified atom stereocenters. The predicted molar refractivity (Wildman–Crippen MR) is 84.3 cm³/mol. The zero-order chi connectivity index (χ0) is 16.1. The molecule has 2 rings (SSSR count). The number of thiazole rings is 1. The Labute approximate surface area is 131 Å². The van der Waals surface area contributed by atoms with Gasteiger partial charge in [0, 0.05) is 17.4 Å². The number of amides is 1. The summed E-state index contributed by atoms with van der Waals surface area (Å²) in [6, 6.07) is 5.73. The number of carboxylic acid groups (broad SMARTS) is 1. The van der Waals surface area contributed by atoms with E-state index in [1.165, 1.54) is 11.3 Å². The minimum absolute atomic E-state index is 0.0636. The third-order valence-electron chi connectivity index (χ3n) is 3.01. The van der Waals surface area contributed by atoms with Gasteiger partial charge >= 0.3 is 5.97 Å². The molecule has 0 spiro atoms. The number of nitrogens with one attached hydrogen (secondary N) is 1. The molecule has 0 atom stereocenters. The van der Waals surface area contributed by atoms with E-state index < -0.39 is 5.97 Å². The van der Waals surface area contributed by atoms with Crippen LogP contribution in [-0.2, 0) is 9.59 Å². The van der Waals surface area contributed by atoms with Crippen LogP contribution in [0.3, 0.4) is 0 Å². The van der Waals surface area contributed by atoms with Gasteiger partial charge in [-0.15, -0.1) is 11.3 Å². The minimum atomic E-state index is -0.997. The van der Waals surface area contributed by atoms with E-state index in [-0.39, 0.29) is 18.7 Å². The Morgan fingerprint density at radius 2 is 2.14 bits per heavy atom. The molecule has 7 heteroatoms. The molecule has 6 nitrogen and oxygen atoms in total. The zero-order valence-corrected chi connectivity index (χ0v) is 13.1. The molecule has 0 fully saturated rings. The van der Waals surface area contributed by atoms with Crippen LogP contribution in [0.4, 0.5) is 5.13 Å². The first kappa shape index (κ1) is 16.0. The van der Waals surface area contributed by atoms with E-state index in [0.717, 1.165) is 22.6 Å². The number of rotatable bonds is 6. The Bertz CT molecular complexity index is 697. The number of nitrogens with zero attached hydrogens (tertiary/aromatic N) is 1. The fraction of sp³-hybridized carbons (Fsp3) is 0.267. The molecule has 2 aromatic rings. The van der Waals surface area contributed by atoms with Crippen LogP contribution in [0.5, 0.6) is 5.75 Å². The molecule has 0 saturated heterocycles. The summed E-state index contributed by atoms with van der Waals surface area (Å²) in [6.45, 7) is 1.95. The number of aromatic nitrogens is 1. The summed E-state index contributed by atoms with van der Waals surface area (Å²) in [5, 5.41) is 13.5. The van der Waals surface area contributed by atoms with Crippen LogP contribution in [0.2, 0.25) is 0 Å². The van der Waals surface area contributed by atoms with Gasteiger partial charge in [-0.05, 0) is 30.7 Å². The van der Waals surface area contributed by atoms with Crippen LogP contribution in [-0.4, -0.2) is 29.1 Å². The van der Waals surface area contributed by atoms with Gasteiger partial charge in [0.1, 0.15) is 5.75 Å². The summed E-state index contributed by atoms with van der Waals surface area (Å²) in [5.41, 5.74) is 2.69. The molecule has 1 aromatic carbocycles. The van der Waals surface area contributed by atoms with Gasteiger partial charge in [0.15, 0.2) is 5.13 Å². The minimum Gasteiger partial charge on any atom is -0.496 e. The lowest BCUT2D eigenvalue weighted by molar-refractivity contribution is -0.138. The highest BCUT2D eigenvalue weighted by molar-refractivity contribution is 7.14. The maximum absolute atomic E-state index is 11.6. The maximum Gasteiger partial charge on any atom is 0.303 e. The van der Waals surface area contributed by atoms with Crippen molar-refractivity contribution in [3.8, 4) is 17.0 Å². The van der Waals surface area contributed by atoms with Crippen molar-refractivity contribution in [2.24, 2.45) is 0 Å². The molecule has 0 aliphatic heterocycles. The van der Waals surface area contributed by atoms with Crippen molar-refractivity contribution in [1.29, 1.82) is 0 Å². The molecular formula is C15H16N2O4S. The number of hydrogen-bond acceptors (Lipinski definition) is 5. The number of ether oxygens (including phenoxy) is 1. The number of aryl methyl sites for hydroxylation is 1. The molecule has 1 aromatic heterocycles. The highest BCUT2D eigenvalue weighted by Crippen LogP contribution is 2.28. The number of benzene rings is 1. The van der Waals surface area contributed by atoms with E-state index in [2.05, 4.69) is 10.3 Å². The van der Waals surface area contributed by atoms with Gasteiger partial charge in [-0.2, -0.15) is 0 Å². The lowest BCUT2D eigenvalue weighted by Crippen LogP contribution is -2.12. The SMILES string of the molecule is COc1ccc(-c2csc(NC(=O)CCC(=O)O)n2)cc1C. The Kier molecular flexibility index (Phi) is 5.11. The first-order chi connectivity index (χ1) is 10.5. The van der Waals surface area contributed by atoms with Crippen molar-refractivity contribution in [2.45, 2.75) is 19.8 Å². The van der Waals surface area contributed by atoms with Gasteiger partial charge < -0.3 is 15.2 Å². The van der Waals surface area contributed by atoms with Gasteiger partial charge in [-0.25, -0.2) is 4.98 Å². The Balaban J connectivity index is 2.06. The van der Waals surface area contributed by atoms with E-state index >= 15 is 0 Å². The second-order valence-electron chi connectivity index (χ2n) is 4.66. The molecular weight excluding hydrogens is 304 g/mol. The lowest BCUT2D eigenvalue weighted by Gasteiger charge is -2.05. The summed E-state index contributed by atoms with van der Waals surface area (Å²) < 4.78 is 5.22. The van der Waals surface area contributed by atoms with E-state index in [1.54, 1.807) is 7.11 Å². The van der Waals surface area contributed by atoms with Crippen molar-refractivity contribution >= 4 is 28.3 Å². The highest BCUT2D eigenvalue weighted by atomic mass is 32.1. The maximum atomic E-state index is 11.6. The Hall–Kier alpha value is -2.41. The fourth-order valence-corrected chi connectivity index (χ4v) is 2.64. The number of methoxy groups -OCH3 is 1. The monoisotopic (exact) mass is 320 g/mol. The van der Waals surface area contributed by atoms with Crippen molar-refractivity contribution in [3.05, 3.63) is 29.1 Å². The molecule has 0 saturated carbocycles. The number of carboxylic acids is 1. The van der Waals surface area contributed by atoms with Crippen LogP contribution >= 0.6 is 11.3 Å². The summed E-state index contributed by atoms with van der Waals surface area (Å²) >= 11 is 1.30. The standard InChI is InChI=1S/C15H16N2O4S/c1-9-7-10(3-4-12(9)21-2)11-8-22-15(16-11)17-13(18)5-6-14(19)20/h3-4,7-8H,5-6H2,1-2H3,(H,19,20)(H,16,17,18). The van der Waals surface area contributed by atoms with E-state index in [9.17, 15) is 9.59 Å². The number of carbonyl (C=O) groups excluding carboxylic acids is 1. The summed E-state index contributed by atoms with van der Waals surface area (Å²) in [5.74, 6) is -0.543. The van der Waals surface area contributed by atoms with E-state index in [1.807, 2.05) is 30.5 Å². The van der Waals surface area contributed by atoms with Crippen LogP contribution in [0.25, 0.3) is 11.3 Å². The third kappa shape index (κ3) is 4.05.